The quantitative estimate of drug-likeness (QED) is 0.162. The third-order valence-electron chi connectivity index (χ3n) is 8.38. The van der Waals surface area contributed by atoms with Gasteiger partial charge in [0, 0.05) is 17.2 Å². The van der Waals surface area contributed by atoms with Crippen LogP contribution in [0.2, 0.25) is 0 Å². The second kappa shape index (κ2) is 15.4. The number of nitrogens with one attached hydrogen (secondary N) is 1. The minimum absolute atomic E-state index is 0.0748. The average molecular weight is 721 g/mol. The minimum atomic E-state index is -1.63. The summed E-state index contributed by atoms with van der Waals surface area (Å²) in [6, 6.07) is 12.9. The molecular formula is C36H41FN6O7S. The van der Waals surface area contributed by atoms with Gasteiger partial charge in [0.25, 0.3) is 5.56 Å². The highest BCUT2D eigenvalue weighted by molar-refractivity contribution is 7.21. The van der Waals surface area contributed by atoms with Crippen LogP contribution in [0.25, 0.3) is 15.2 Å². The number of aryl methyl sites for hydroxylation is 1. The molecule has 15 heteroatoms. The summed E-state index contributed by atoms with van der Waals surface area (Å²) in [5.41, 5.74) is -1.51. The number of nitrogens with zero attached hydrogens (tertiary/aromatic N) is 5. The number of hydrogen-bond donors (Lipinski definition) is 1. The zero-order valence-corrected chi connectivity index (χ0v) is 30.3. The molecule has 0 aliphatic heterocycles. The summed E-state index contributed by atoms with van der Waals surface area (Å²) < 4.78 is 34.5. The van der Waals surface area contributed by atoms with Crippen molar-refractivity contribution in [2.75, 3.05) is 13.7 Å². The Labute approximate surface area is 297 Å². The van der Waals surface area contributed by atoms with Gasteiger partial charge in [-0.1, -0.05) is 41.7 Å². The maximum Gasteiger partial charge on any atom is 0.333 e. The van der Waals surface area contributed by atoms with Crippen molar-refractivity contribution in [1.82, 2.24) is 29.4 Å². The van der Waals surface area contributed by atoms with Crippen LogP contribution in [0.5, 0.6) is 5.75 Å². The fraction of sp³-hybridized carbons (Fsp3) is 0.389. The first kappa shape index (κ1) is 37.1. The van der Waals surface area contributed by atoms with Crippen molar-refractivity contribution in [3.05, 3.63) is 104 Å². The Hall–Kier alpha value is -5.15. The summed E-state index contributed by atoms with van der Waals surface area (Å²) in [4.78, 5) is 56.9. The number of carbonyl (C=O) groups excluding carboxylic acids is 2. The van der Waals surface area contributed by atoms with E-state index in [-0.39, 0.29) is 47.3 Å². The SMILES string of the molecule is COc1ccc(F)cc1[C@H](Cn1c(=O)n(C(C)(C)C(=O)NC(C)C)c(=O)c2c(C)c(-n3nccn3)sc21)OCC(C)C(=O)OCc1ccccc1. The maximum atomic E-state index is 14.8. The summed E-state index contributed by atoms with van der Waals surface area (Å²) in [5.74, 6) is -2.10. The van der Waals surface area contributed by atoms with Crippen LogP contribution in [0.4, 0.5) is 4.39 Å². The van der Waals surface area contributed by atoms with E-state index in [9.17, 15) is 23.6 Å². The monoisotopic (exact) mass is 720 g/mol. The fourth-order valence-electron chi connectivity index (χ4n) is 5.60. The number of fused-ring (bicyclic) bond motifs is 1. The van der Waals surface area contributed by atoms with Crippen LogP contribution in [-0.2, 0) is 37.8 Å². The second-order valence-corrected chi connectivity index (χ2v) is 13.9. The molecule has 51 heavy (non-hydrogen) atoms. The van der Waals surface area contributed by atoms with Gasteiger partial charge in [0.1, 0.15) is 39.6 Å². The number of esters is 1. The molecule has 0 radical (unpaired) electrons. The molecule has 5 rings (SSSR count). The maximum absolute atomic E-state index is 14.8. The minimum Gasteiger partial charge on any atom is -0.496 e. The van der Waals surface area contributed by atoms with Crippen molar-refractivity contribution < 1.29 is 28.2 Å². The molecule has 5 aromatic rings. The number of methoxy groups -OCH3 is 1. The average Bonchev–Trinajstić information content (AvgIpc) is 3.75. The highest BCUT2D eigenvalue weighted by Crippen LogP contribution is 2.34. The molecule has 3 heterocycles. The van der Waals surface area contributed by atoms with Gasteiger partial charge in [-0.15, -0.1) is 4.80 Å². The van der Waals surface area contributed by atoms with Crippen LogP contribution in [0, 0.1) is 18.7 Å². The number of amides is 1. The predicted molar refractivity (Wildman–Crippen MR) is 190 cm³/mol. The van der Waals surface area contributed by atoms with E-state index in [1.54, 1.807) is 27.7 Å². The largest absolute Gasteiger partial charge is 0.496 e. The number of ether oxygens (including phenoxy) is 3. The molecule has 2 aromatic carbocycles. The van der Waals surface area contributed by atoms with Crippen LogP contribution in [0.3, 0.4) is 0 Å². The lowest BCUT2D eigenvalue weighted by Gasteiger charge is -2.29. The second-order valence-electron chi connectivity index (χ2n) is 13.0. The van der Waals surface area contributed by atoms with Gasteiger partial charge in [-0.3, -0.25) is 19.0 Å². The highest BCUT2D eigenvalue weighted by Gasteiger charge is 2.36. The summed E-state index contributed by atoms with van der Waals surface area (Å²) in [5, 5.41) is 11.9. The van der Waals surface area contributed by atoms with Crippen molar-refractivity contribution in [3.8, 4) is 10.8 Å². The molecule has 0 saturated carbocycles. The van der Waals surface area contributed by atoms with Crippen LogP contribution < -0.4 is 21.3 Å². The van der Waals surface area contributed by atoms with Crippen molar-refractivity contribution in [3.63, 3.8) is 0 Å². The third-order valence-corrected chi connectivity index (χ3v) is 9.66. The van der Waals surface area contributed by atoms with Crippen molar-refractivity contribution in [1.29, 1.82) is 0 Å². The summed E-state index contributed by atoms with van der Waals surface area (Å²) in [6.07, 6.45) is 1.90. The van der Waals surface area contributed by atoms with Crippen LogP contribution >= 0.6 is 11.3 Å². The van der Waals surface area contributed by atoms with E-state index in [4.69, 9.17) is 14.2 Å². The summed E-state index contributed by atoms with van der Waals surface area (Å²) >= 11 is 1.11. The van der Waals surface area contributed by atoms with E-state index in [0.717, 1.165) is 21.5 Å². The number of thiophene rings is 1. The van der Waals surface area contributed by atoms with Crippen molar-refractivity contribution in [2.24, 2.45) is 5.92 Å². The Kier molecular flexibility index (Phi) is 11.2. The van der Waals surface area contributed by atoms with Crippen molar-refractivity contribution in [2.45, 2.75) is 72.4 Å². The number of halogens is 1. The Balaban J connectivity index is 1.63. The number of hydrogen-bond acceptors (Lipinski definition) is 10. The first-order chi connectivity index (χ1) is 24.2. The lowest BCUT2D eigenvalue weighted by Crippen LogP contribution is -2.56. The predicted octanol–water partition coefficient (Wildman–Crippen LogP) is 4.66. The molecule has 1 N–H and O–H groups in total. The molecule has 1 unspecified atom stereocenters. The van der Waals surface area contributed by atoms with Crippen molar-refractivity contribution >= 4 is 33.4 Å². The third kappa shape index (κ3) is 7.78. The van der Waals surface area contributed by atoms with E-state index in [0.29, 0.717) is 10.6 Å². The van der Waals surface area contributed by atoms with Gasteiger partial charge in [0.05, 0.1) is 44.0 Å². The van der Waals surface area contributed by atoms with Crippen LogP contribution in [0.1, 0.15) is 57.4 Å². The molecule has 270 valence electrons. The fourth-order valence-corrected chi connectivity index (χ4v) is 6.82. The summed E-state index contributed by atoms with van der Waals surface area (Å²) in [6.45, 7) is 9.55. The van der Waals surface area contributed by atoms with E-state index >= 15 is 0 Å². The number of aromatic nitrogens is 5. The topological polar surface area (TPSA) is 149 Å². The molecule has 0 fully saturated rings. The highest BCUT2D eigenvalue weighted by atomic mass is 32.1. The van der Waals surface area contributed by atoms with E-state index in [1.165, 1.54) is 60.9 Å². The number of carbonyl (C=O) groups is 2. The molecule has 0 saturated heterocycles. The molecule has 13 nitrogen and oxygen atoms in total. The molecular weight excluding hydrogens is 679 g/mol. The summed E-state index contributed by atoms with van der Waals surface area (Å²) in [7, 11) is 1.42. The normalized spacial score (nSPS) is 13.0. The van der Waals surface area contributed by atoms with E-state index in [1.807, 2.05) is 30.3 Å². The Morgan fingerprint density at radius 3 is 2.37 bits per heavy atom. The molecule has 0 aliphatic carbocycles. The molecule has 3 aromatic heterocycles. The molecule has 1 amide bonds. The van der Waals surface area contributed by atoms with Gasteiger partial charge in [-0.25, -0.2) is 13.8 Å². The lowest BCUT2D eigenvalue weighted by molar-refractivity contribution is -0.152. The van der Waals surface area contributed by atoms with Gasteiger partial charge >= 0.3 is 11.7 Å². The molecule has 0 spiro atoms. The van der Waals surface area contributed by atoms with Gasteiger partial charge < -0.3 is 19.5 Å². The zero-order chi connectivity index (χ0) is 37.0. The molecule has 0 aliphatic rings. The van der Waals surface area contributed by atoms with Gasteiger partial charge in [-0.05, 0) is 65.3 Å². The van der Waals surface area contributed by atoms with Gasteiger partial charge in [0.15, 0.2) is 0 Å². The lowest BCUT2D eigenvalue weighted by atomic mass is 10.0. The first-order valence-corrected chi connectivity index (χ1v) is 17.2. The molecule has 2 atom stereocenters. The van der Waals surface area contributed by atoms with Crippen LogP contribution in [0.15, 0.2) is 70.5 Å². The smallest absolute Gasteiger partial charge is 0.333 e. The molecule has 0 bridgehead atoms. The Bertz CT molecular complexity index is 2140. The first-order valence-electron chi connectivity index (χ1n) is 16.4. The van der Waals surface area contributed by atoms with E-state index in [2.05, 4.69) is 15.5 Å². The number of benzene rings is 2. The number of rotatable bonds is 14. The van der Waals surface area contributed by atoms with Gasteiger partial charge in [0.2, 0.25) is 5.91 Å². The zero-order valence-electron chi connectivity index (χ0n) is 29.5. The Morgan fingerprint density at radius 1 is 1.04 bits per heavy atom. The standard InChI is InChI=1S/C36H41FN6O7S/c1-21(2)40-34(46)36(5,6)42-30(44)29-23(4)31(43-38-15-16-39-43)51-32(29)41(35(42)47)18-28(26-17-25(37)13-14-27(26)48-7)49-19-22(3)33(45)50-20-24-11-9-8-10-12-24/h8-17,21-22,28H,18-20H2,1-7H3,(H,40,46)/t22?,28-/m0/s1. The van der Waals surface area contributed by atoms with Crippen LogP contribution in [-0.4, -0.2) is 55.8 Å². The Morgan fingerprint density at radius 2 is 1.73 bits per heavy atom. The van der Waals surface area contributed by atoms with Gasteiger partial charge in [-0.2, -0.15) is 10.2 Å². The van der Waals surface area contributed by atoms with E-state index < -0.39 is 46.5 Å².